The first-order valence-corrected chi connectivity index (χ1v) is 6.35. The summed E-state index contributed by atoms with van der Waals surface area (Å²) in [6, 6.07) is 0.839. The maximum absolute atomic E-state index is 13.6. The highest BCUT2D eigenvalue weighted by molar-refractivity contribution is 6.00. The van der Waals surface area contributed by atoms with Crippen molar-refractivity contribution in [3.05, 3.63) is 35.1 Å². The number of nitrogens with two attached hydrogens (primary N) is 1. The summed E-state index contributed by atoms with van der Waals surface area (Å²) in [4.78, 5) is 12.1. The molecule has 1 aliphatic rings. The van der Waals surface area contributed by atoms with E-state index in [1.807, 2.05) is 0 Å². The van der Waals surface area contributed by atoms with Gasteiger partial charge >= 0.3 is 0 Å². The molecule has 21 heavy (non-hydrogen) atoms. The van der Waals surface area contributed by atoms with Crippen molar-refractivity contribution in [3.63, 3.8) is 0 Å². The van der Waals surface area contributed by atoms with Gasteiger partial charge in [-0.05, 0) is 12.8 Å². The SMILES string of the molecule is NC(=NO)C1(NC(=O)c2c(F)cc(F)cc2F)CCCC1. The Kier molecular flexibility index (Phi) is 4.06. The summed E-state index contributed by atoms with van der Waals surface area (Å²) >= 11 is 0. The summed E-state index contributed by atoms with van der Waals surface area (Å²) in [5.74, 6) is -5.03. The Balaban J connectivity index is 2.33. The number of amides is 1. The zero-order chi connectivity index (χ0) is 15.6. The fourth-order valence-corrected chi connectivity index (χ4v) is 2.56. The van der Waals surface area contributed by atoms with E-state index >= 15 is 0 Å². The molecule has 0 atom stereocenters. The monoisotopic (exact) mass is 301 g/mol. The molecule has 0 unspecified atom stereocenters. The van der Waals surface area contributed by atoms with Gasteiger partial charge < -0.3 is 16.3 Å². The highest BCUT2D eigenvalue weighted by Crippen LogP contribution is 2.30. The quantitative estimate of drug-likeness (QED) is 0.345. The van der Waals surface area contributed by atoms with E-state index in [1.165, 1.54) is 0 Å². The van der Waals surface area contributed by atoms with Crippen LogP contribution in [-0.2, 0) is 0 Å². The van der Waals surface area contributed by atoms with E-state index in [2.05, 4.69) is 10.5 Å². The molecule has 0 heterocycles. The number of nitrogens with zero attached hydrogens (tertiary/aromatic N) is 1. The molecule has 0 bridgehead atoms. The fourth-order valence-electron chi connectivity index (χ4n) is 2.56. The molecule has 1 amide bonds. The molecule has 114 valence electrons. The van der Waals surface area contributed by atoms with Gasteiger partial charge in [-0.25, -0.2) is 13.2 Å². The van der Waals surface area contributed by atoms with Gasteiger partial charge in [-0.2, -0.15) is 0 Å². The Labute approximate surface area is 118 Å². The van der Waals surface area contributed by atoms with Crippen LogP contribution in [0.25, 0.3) is 0 Å². The number of hydrogen-bond acceptors (Lipinski definition) is 3. The first-order chi connectivity index (χ1) is 9.89. The molecular weight excluding hydrogens is 287 g/mol. The zero-order valence-corrected chi connectivity index (χ0v) is 11.0. The maximum Gasteiger partial charge on any atom is 0.258 e. The molecule has 4 N–H and O–H groups in total. The lowest BCUT2D eigenvalue weighted by Crippen LogP contribution is -2.56. The van der Waals surface area contributed by atoms with E-state index in [9.17, 15) is 18.0 Å². The van der Waals surface area contributed by atoms with Gasteiger partial charge in [-0.15, -0.1) is 0 Å². The molecule has 5 nitrogen and oxygen atoms in total. The summed E-state index contributed by atoms with van der Waals surface area (Å²) in [7, 11) is 0. The number of benzene rings is 1. The molecular formula is C13H14F3N3O2. The molecule has 0 aromatic heterocycles. The molecule has 1 fully saturated rings. The van der Waals surface area contributed by atoms with Crippen LogP contribution in [0.4, 0.5) is 13.2 Å². The van der Waals surface area contributed by atoms with Gasteiger partial charge in [0.2, 0.25) is 0 Å². The smallest absolute Gasteiger partial charge is 0.258 e. The molecule has 0 saturated heterocycles. The second-order valence-corrected chi connectivity index (χ2v) is 4.97. The molecule has 8 heteroatoms. The molecule has 1 saturated carbocycles. The molecule has 0 spiro atoms. The van der Waals surface area contributed by atoms with Crippen LogP contribution in [0.3, 0.4) is 0 Å². The van der Waals surface area contributed by atoms with Gasteiger partial charge in [-0.1, -0.05) is 18.0 Å². The third-order valence-corrected chi connectivity index (χ3v) is 3.64. The topological polar surface area (TPSA) is 87.7 Å². The average molecular weight is 301 g/mol. The van der Waals surface area contributed by atoms with Crippen molar-refractivity contribution in [2.24, 2.45) is 10.9 Å². The number of amidine groups is 1. The van der Waals surface area contributed by atoms with Crippen LogP contribution in [0, 0.1) is 17.5 Å². The van der Waals surface area contributed by atoms with E-state index < -0.39 is 34.5 Å². The predicted octanol–water partition coefficient (Wildman–Crippen LogP) is 1.89. The Morgan fingerprint density at radius 3 is 2.24 bits per heavy atom. The third-order valence-electron chi connectivity index (χ3n) is 3.64. The van der Waals surface area contributed by atoms with E-state index in [4.69, 9.17) is 10.9 Å². The van der Waals surface area contributed by atoms with Crippen LogP contribution >= 0.6 is 0 Å². The minimum absolute atomic E-state index is 0.226. The fraction of sp³-hybridized carbons (Fsp3) is 0.385. The van der Waals surface area contributed by atoms with Crippen molar-refractivity contribution in [3.8, 4) is 0 Å². The first kappa shape index (κ1) is 15.1. The number of oxime groups is 1. The average Bonchev–Trinajstić information content (AvgIpc) is 2.86. The lowest BCUT2D eigenvalue weighted by molar-refractivity contribution is 0.0914. The standard InChI is InChI=1S/C13H14F3N3O2/c14-7-5-8(15)10(9(16)6-7)11(20)18-13(12(17)19-21)3-1-2-4-13/h5-6,21H,1-4H2,(H2,17,19)(H,18,20). The lowest BCUT2D eigenvalue weighted by atomic mass is 9.95. The van der Waals surface area contributed by atoms with Crippen LogP contribution in [0.5, 0.6) is 0 Å². The summed E-state index contributed by atoms with van der Waals surface area (Å²) in [5, 5.41) is 14.1. The van der Waals surface area contributed by atoms with Crippen molar-refractivity contribution >= 4 is 11.7 Å². The number of nitrogens with one attached hydrogen (secondary N) is 1. The molecule has 1 aliphatic carbocycles. The van der Waals surface area contributed by atoms with Crippen LogP contribution in [-0.4, -0.2) is 22.5 Å². The van der Waals surface area contributed by atoms with Gasteiger partial charge in [-0.3, -0.25) is 4.79 Å². The van der Waals surface area contributed by atoms with Crippen LogP contribution < -0.4 is 11.1 Å². The Hall–Kier alpha value is -2.25. The van der Waals surface area contributed by atoms with E-state index in [0.717, 1.165) is 0 Å². The van der Waals surface area contributed by atoms with Gasteiger partial charge in [0.05, 0.1) is 0 Å². The Morgan fingerprint density at radius 2 is 1.76 bits per heavy atom. The van der Waals surface area contributed by atoms with Gasteiger partial charge in [0.15, 0.2) is 5.84 Å². The highest BCUT2D eigenvalue weighted by Gasteiger charge is 2.40. The molecule has 0 aliphatic heterocycles. The highest BCUT2D eigenvalue weighted by atomic mass is 19.1. The number of halogens is 3. The van der Waals surface area contributed by atoms with E-state index in [1.54, 1.807) is 0 Å². The van der Waals surface area contributed by atoms with Crippen molar-refractivity contribution in [2.45, 2.75) is 31.2 Å². The Morgan fingerprint density at radius 1 is 1.24 bits per heavy atom. The largest absolute Gasteiger partial charge is 0.409 e. The second-order valence-electron chi connectivity index (χ2n) is 4.97. The number of rotatable bonds is 3. The molecule has 0 radical (unpaired) electrons. The van der Waals surface area contributed by atoms with Crippen LogP contribution in [0.1, 0.15) is 36.0 Å². The molecule has 1 aromatic rings. The van der Waals surface area contributed by atoms with Gasteiger partial charge in [0.1, 0.15) is 28.6 Å². The second kappa shape index (κ2) is 5.63. The molecule has 2 rings (SSSR count). The van der Waals surface area contributed by atoms with Crippen molar-refractivity contribution in [1.82, 2.24) is 5.32 Å². The predicted molar refractivity (Wildman–Crippen MR) is 68.4 cm³/mol. The summed E-state index contributed by atoms with van der Waals surface area (Å²) in [5.41, 5.74) is 3.54. The van der Waals surface area contributed by atoms with Crippen molar-refractivity contribution < 1.29 is 23.2 Å². The maximum atomic E-state index is 13.6. The number of carbonyl (C=O) groups is 1. The van der Waals surface area contributed by atoms with Crippen LogP contribution in [0.2, 0.25) is 0 Å². The summed E-state index contributed by atoms with van der Waals surface area (Å²) in [6.45, 7) is 0. The minimum Gasteiger partial charge on any atom is -0.409 e. The van der Waals surface area contributed by atoms with Gasteiger partial charge in [0, 0.05) is 12.1 Å². The van der Waals surface area contributed by atoms with E-state index in [0.29, 0.717) is 37.8 Å². The number of carbonyl (C=O) groups excluding carboxylic acids is 1. The summed E-state index contributed by atoms with van der Waals surface area (Å²) < 4.78 is 40.0. The van der Waals surface area contributed by atoms with Crippen LogP contribution in [0.15, 0.2) is 17.3 Å². The minimum atomic E-state index is -1.31. The first-order valence-electron chi connectivity index (χ1n) is 6.35. The third kappa shape index (κ3) is 2.79. The number of hydrogen-bond donors (Lipinski definition) is 3. The normalized spacial score (nSPS) is 17.8. The van der Waals surface area contributed by atoms with Gasteiger partial charge in [0.25, 0.3) is 5.91 Å². The van der Waals surface area contributed by atoms with Crippen molar-refractivity contribution in [2.75, 3.05) is 0 Å². The zero-order valence-electron chi connectivity index (χ0n) is 11.0. The van der Waals surface area contributed by atoms with Crippen molar-refractivity contribution in [1.29, 1.82) is 0 Å². The lowest BCUT2D eigenvalue weighted by Gasteiger charge is -2.28. The van der Waals surface area contributed by atoms with E-state index in [-0.39, 0.29) is 5.84 Å². The Bertz CT molecular complexity index is 575. The molecule has 1 aromatic carbocycles. The summed E-state index contributed by atoms with van der Waals surface area (Å²) in [6.07, 6.45) is 2.20.